The average Bonchev–Trinajstić information content (AvgIpc) is 2.65. The Kier molecular flexibility index (Phi) is 6.13. The molecule has 1 aromatic carbocycles. The van der Waals surface area contributed by atoms with Crippen LogP contribution in [-0.2, 0) is 4.74 Å². The topological polar surface area (TPSA) is 72.2 Å². The average molecular weight is 374 g/mol. The third-order valence-corrected chi connectivity index (χ3v) is 4.51. The smallest absolute Gasteiger partial charge is 0.289 e. The van der Waals surface area contributed by atoms with E-state index in [4.69, 9.17) is 13.9 Å². The summed E-state index contributed by atoms with van der Waals surface area (Å²) >= 11 is 0. The highest BCUT2D eigenvalue weighted by atomic mass is 16.5. The van der Waals surface area contributed by atoms with Crippen LogP contribution in [0.3, 0.4) is 0 Å². The van der Waals surface area contributed by atoms with E-state index in [0.717, 1.165) is 13.1 Å². The summed E-state index contributed by atoms with van der Waals surface area (Å²) in [5.74, 6) is 0.253. The molecule has 0 unspecified atom stereocenters. The van der Waals surface area contributed by atoms with Gasteiger partial charge in [-0.15, -0.1) is 0 Å². The molecule has 0 bridgehead atoms. The summed E-state index contributed by atoms with van der Waals surface area (Å²) < 4.78 is 16.9. The first-order valence-electron chi connectivity index (χ1n) is 9.25. The molecule has 7 nitrogen and oxygen atoms in total. The van der Waals surface area contributed by atoms with Gasteiger partial charge in [-0.25, -0.2) is 0 Å². The molecule has 0 N–H and O–H groups in total. The van der Waals surface area contributed by atoms with Crippen molar-refractivity contribution in [2.45, 2.75) is 20.0 Å². The first kappa shape index (κ1) is 19.4. The number of rotatable bonds is 6. The first-order valence-corrected chi connectivity index (χ1v) is 9.25. The largest absolute Gasteiger partial charge is 0.490 e. The van der Waals surface area contributed by atoms with Gasteiger partial charge >= 0.3 is 0 Å². The Morgan fingerprint density at radius 3 is 2.63 bits per heavy atom. The lowest BCUT2D eigenvalue weighted by molar-refractivity contribution is 0.0556. The van der Waals surface area contributed by atoms with Gasteiger partial charge in [-0.2, -0.15) is 0 Å². The SMILES string of the molecule is CC(C)OCCOc1cccc2oc(C(=O)N3CCN(C)CC3)cc(=O)c12. The Balaban J connectivity index is 1.80. The molecule has 0 spiro atoms. The molecule has 3 rings (SSSR count). The number of nitrogens with zero attached hydrogens (tertiary/aromatic N) is 2. The highest BCUT2D eigenvalue weighted by Crippen LogP contribution is 2.24. The zero-order chi connectivity index (χ0) is 19.4. The van der Waals surface area contributed by atoms with E-state index < -0.39 is 0 Å². The summed E-state index contributed by atoms with van der Waals surface area (Å²) in [5, 5.41) is 0.344. The predicted octanol–water partition coefficient (Wildman–Crippen LogP) is 1.98. The molecule has 0 saturated carbocycles. The van der Waals surface area contributed by atoms with Gasteiger partial charge < -0.3 is 23.7 Å². The summed E-state index contributed by atoms with van der Waals surface area (Å²) in [5.41, 5.74) is 0.0661. The maximum atomic E-state index is 12.7. The van der Waals surface area contributed by atoms with Crippen LogP contribution in [0.15, 0.2) is 33.5 Å². The van der Waals surface area contributed by atoms with Crippen LogP contribution in [0.25, 0.3) is 11.0 Å². The second kappa shape index (κ2) is 8.54. The number of amides is 1. The molecule has 0 atom stereocenters. The Morgan fingerprint density at radius 1 is 1.19 bits per heavy atom. The fraction of sp³-hybridized carbons (Fsp3) is 0.500. The lowest BCUT2D eigenvalue weighted by Gasteiger charge is -2.31. The van der Waals surface area contributed by atoms with Gasteiger partial charge in [-0.3, -0.25) is 9.59 Å². The Labute approximate surface area is 158 Å². The molecule has 1 saturated heterocycles. The summed E-state index contributed by atoms with van der Waals surface area (Å²) in [6, 6.07) is 6.40. The van der Waals surface area contributed by atoms with Crippen LogP contribution in [-0.4, -0.2) is 68.3 Å². The third kappa shape index (κ3) is 4.67. The van der Waals surface area contributed by atoms with E-state index in [9.17, 15) is 9.59 Å². The standard InChI is InChI=1S/C20H26N2O5/c1-14(2)25-11-12-26-16-5-4-6-17-19(16)15(23)13-18(27-17)20(24)22-9-7-21(3)8-10-22/h4-6,13-14H,7-12H2,1-3H3. The summed E-state index contributed by atoms with van der Waals surface area (Å²) in [7, 11) is 2.02. The van der Waals surface area contributed by atoms with Crippen molar-refractivity contribution in [3.05, 3.63) is 40.2 Å². The van der Waals surface area contributed by atoms with E-state index in [-0.39, 0.29) is 23.2 Å². The molecule has 0 aliphatic carbocycles. The number of ether oxygens (including phenoxy) is 2. The molecule has 2 heterocycles. The van der Waals surface area contributed by atoms with Gasteiger partial charge in [0.15, 0.2) is 11.2 Å². The number of benzene rings is 1. The molecule has 1 aliphatic heterocycles. The molecule has 1 aliphatic rings. The molecular weight excluding hydrogens is 348 g/mol. The molecule has 2 aromatic rings. The summed E-state index contributed by atoms with van der Waals surface area (Å²) in [6.07, 6.45) is 0.120. The molecule has 27 heavy (non-hydrogen) atoms. The van der Waals surface area contributed by atoms with Crippen LogP contribution < -0.4 is 10.2 Å². The molecule has 146 valence electrons. The monoisotopic (exact) mass is 374 g/mol. The van der Waals surface area contributed by atoms with Gasteiger partial charge in [-0.05, 0) is 33.0 Å². The van der Waals surface area contributed by atoms with Crippen molar-refractivity contribution < 1.29 is 18.7 Å². The van der Waals surface area contributed by atoms with Crippen LogP contribution >= 0.6 is 0 Å². The van der Waals surface area contributed by atoms with Crippen molar-refractivity contribution in [3.63, 3.8) is 0 Å². The van der Waals surface area contributed by atoms with Gasteiger partial charge in [0.2, 0.25) is 0 Å². The zero-order valence-corrected chi connectivity index (χ0v) is 16.1. The molecule has 1 amide bonds. The zero-order valence-electron chi connectivity index (χ0n) is 16.1. The minimum absolute atomic E-state index is 0.0670. The van der Waals surface area contributed by atoms with Crippen molar-refractivity contribution in [1.29, 1.82) is 0 Å². The van der Waals surface area contributed by atoms with Crippen molar-refractivity contribution in [2.75, 3.05) is 46.4 Å². The van der Waals surface area contributed by atoms with E-state index in [2.05, 4.69) is 4.90 Å². The fourth-order valence-electron chi connectivity index (χ4n) is 3.00. The highest BCUT2D eigenvalue weighted by molar-refractivity contribution is 5.94. The number of hydrogen-bond acceptors (Lipinski definition) is 6. The number of piperazine rings is 1. The maximum absolute atomic E-state index is 12.7. The van der Waals surface area contributed by atoms with Crippen molar-refractivity contribution in [3.8, 4) is 5.75 Å². The number of carbonyl (C=O) groups excluding carboxylic acids is 1. The number of hydrogen-bond donors (Lipinski definition) is 0. The van der Waals surface area contributed by atoms with Crippen LogP contribution in [0.2, 0.25) is 0 Å². The van der Waals surface area contributed by atoms with Gasteiger partial charge in [0.25, 0.3) is 5.91 Å². The Hall–Kier alpha value is -2.38. The van der Waals surface area contributed by atoms with Crippen LogP contribution in [0.5, 0.6) is 5.75 Å². The highest BCUT2D eigenvalue weighted by Gasteiger charge is 2.23. The predicted molar refractivity (Wildman–Crippen MR) is 102 cm³/mol. The second-order valence-corrected chi connectivity index (χ2v) is 6.97. The molecule has 1 fully saturated rings. The van der Waals surface area contributed by atoms with E-state index >= 15 is 0 Å². The van der Waals surface area contributed by atoms with Crippen LogP contribution in [0.4, 0.5) is 0 Å². The number of carbonyl (C=O) groups is 1. The number of likely N-dealkylation sites (N-methyl/N-ethyl adjacent to an activating group) is 1. The van der Waals surface area contributed by atoms with E-state index in [0.29, 0.717) is 43.0 Å². The molecule has 1 aromatic heterocycles. The van der Waals surface area contributed by atoms with Crippen LogP contribution in [0.1, 0.15) is 24.4 Å². The Morgan fingerprint density at radius 2 is 1.93 bits per heavy atom. The molecule has 7 heteroatoms. The quantitative estimate of drug-likeness (QED) is 0.720. The van der Waals surface area contributed by atoms with Crippen LogP contribution in [0, 0.1) is 0 Å². The Bertz CT molecular complexity index is 853. The van der Waals surface area contributed by atoms with Gasteiger partial charge in [0.1, 0.15) is 23.3 Å². The van der Waals surface area contributed by atoms with Crippen molar-refractivity contribution in [1.82, 2.24) is 9.80 Å². The maximum Gasteiger partial charge on any atom is 0.289 e. The third-order valence-electron chi connectivity index (χ3n) is 4.51. The van der Waals surface area contributed by atoms with Gasteiger partial charge in [-0.1, -0.05) is 6.07 Å². The number of fused-ring (bicyclic) bond motifs is 1. The molecule has 0 radical (unpaired) electrons. The minimum Gasteiger partial charge on any atom is -0.490 e. The van der Waals surface area contributed by atoms with Crippen molar-refractivity contribution in [2.24, 2.45) is 0 Å². The lowest BCUT2D eigenvalue weighted by atomic mass is 10.2. The van der Waals surface area contributed by atoms with E-state index in [1.54, 1.807) is 23.1 Å². The van der Waals surface area contributed by atoms with E-state index in [1.807, 2.05) is 20.9 Å². The van der Waals surface area contributed by atoms with Crippen molar-refractivity contribution >= 4 is 16.9 Å². The van der Waals surface area contributed by atoms with E-state index in [1.165, 1.54) is 6.07 Å². The second-order valence-electron chi connectivity index (χ2n) is 6.97. The normalized spacial score (nSPS) is 15.5. The summed E-state index contributed by atoms with van der Waals surface area (Å²) in [4.78, 5) is 29.2. The first-order chi connectivity index (χ1) is 13.0. The minimum atomic E-state index is -0.283. The summed E-state index contributed by atoms with van der Waals surface area (Å²) in [6.45, 7) is 7.52. The fourth-order valence-corrected chi connectivity index (χ4v) is 3.00. The van der Waals surface area contributed by atoms with Gasteiger partial charge in [0.05, 0.1) is 12.7 Å². The van der Waals surface area contributed by atoms with Gasteiger partial charge in [0, 0.05) is 32.2 Å². The lowest BCUT2D eigenvalue weighted by Crippen LogP contribution is -2.47. The molecular formula is C20H26N2O5.